The van der Waals surface area contributed by atoms with Crippen molar-refractivity contribution in [2.45, 2.75) is 0 Å². The number of benzene rings is 2. The molecule has 0 saturated carbocycles. The zero-order valence-electron chi connectivity index (χ0n) is 12.3. The van der Waals surface area contributed by atoms with Gasteiger partial charge in [-0.25, -0.2) is 18.7 Å². The number of amides is 1. The maximum atomic E-state index is 13.2. The van der Waals surface area contributed by atoms with E-state index in [1.165, 1.54) is 18.5 Å². The normalized spacial score (nSPS) is 10.2. The summed E-state index contributed by atoms with van der Waals surface area (Å²) in [5.41, 5.74) is 1.03. The molecule has 7 heteroatoms. The maximum Gasteiger partial charge on any atom is 0.274 e. The first-order valence-corrected chi connectivity index (χ1v) is 7.02. The minimum Gasteiger partial charge on any atom is -0.340 e. The summed E-state index contributed by atoms with van der Waals surface area (Å²) < 4.78 is 26.1. The average Bonchev–Trinajstić information content (AvgIpc) is 2.59. The van der Waals surface area contributed by atoms with Crippen molar-refractivity contribution in [1.29, 1.82) is 0 Å². The van der Waals surface area contributed by atoms with E-state index in [0.717, 1.165) is 17.8 Å². The lowest BCUT2D eigenvalue weighted by Gasteiger charge is -2.08. The summed E-state index contributed by atoms with van der Waals surface area (Å²) >= 11 is 0. The van der Waals surface area contributed by atoms with E-state index in [-0.39, 0.29) is 11.4 Å². The molecule has 0 aliphatic rings. The van der Waals surface area contributed by atoms with Gasteiger partial charge in [0.05, 0.1) is 0 Å². The number of anilines is 3. The molecule has 24 heavy (non-hydrogen) atoms. The lowest BCUT2D eigenvalue weighted by atomic mass is 10.2. The van der Waals surface area contributed by atoms with Gasteiger partial charge in [-0.05, 0) is 24.3 Å². The Bertz CT molecular complexity index is 871. The van der Waals surface area contributed by atoms with Gasteiger partial charge < -0.3 is 10.6 Å². The van der Waals surface area contributed by atoms with Gasteiger partial charge >= 0.3 is 0 Å². The number of nitrogens with one attached hydrogen (secondary N) is 2. The molecule has 1 amide bonds. The Kier molecular flexibility index (Phi) is 4.42. The van der Waals surface area contributed by atoms with Crippen molar-refractivity contribution in [2.75, 3.05) is 10.6 Å². The number of carbonyl (C=O) groups is 1. The van der Waals surface area contributed by atoms with E-state index in [2.05, 4.69) is 20.6 Å². The van der Waals surface area contributed by atoms with Crippen LogP contribution < -0.4 is 10.6 Å². The second kappa shape index (κ2) is 6.82. The van der Waals surface area contributed by atoms with Crippen LogP contribution in [0.1, 0.15) is 10.5 Å². The minimum atomic E-state index is -1.04. The second-order valence-electron chi connectivity index (χ2n) is 4.86. The Labute approximate surface area is 136 Å². The van der Waals surface area contributed by atoms with Gasteiger partial charge in [0.15, 0.2) is 11.6 Å². The number of hydrogen-bond donors (Lipinski definition) is 2. The van der Waals surface area contributed by atoms with Crippen LogP contribution in [0.3, 0.4) is 0 Å². The molecule has 5 nitrogen and oxygen atoms in total. The van der Waals surface area contributed by atoms with Crippen molar-refractivity contribution >= 4 is 23.1 Å². The Morgan fingerprint density at radius 2 is 1.67 bits per heavy atom. The van der Waals surface area contributed by atoms with Gasteiger partial charge in [0.25, 0.3) is 5.91 Å². The highest BCUT2D eigenvalue weighted by Crippen LogP contribution is 2.16. The van der Waals surface area contributed by atoms with Crippen molar-refractivity contribution in [2.24, 2.45) is 0 Å². The largest absolute Gasteiger partial charge is 0.340 e. The van der Waals surface area contributed by atoms with Crippen LogP contribution in [-0.4, -0.2) is 15.9 Å². The fraction of sp³-hybridized carbons (Fsp3) is 0. The predicted molar refractivity (Wildman–Crippen MR) is 86.1 cm³/mol. The molecule has 120 valence electrons. The molecule has 0 spiro atoms. The standard InChI is InChI=1S/C17H12F2N4O/c18-13-7-6-12(8-14(13)19)23-17(24)15-9-16(21-10-20-15)22-11-4-2-1-3-5-11/h1-10H,(H,23,24)(H,20,21,22). The molecule has 0 saturated heterocycles. The van der Waals surface area contributed by atoms with E-state index in [9.17, 15) is 13.6 Å². The summed E-state index contributed by atoms with van der Waals surface area (Å²) in [5, 5.41) is 5.49. The summed E-state index contributed by atoms with van der Waals surface area (Å²) in [6.45, 7) is 0. The first-order valence-electron chi connectivity index (χ1n) is 7.02. The highest BCUT2D eigenvalue weighted by Gasteiger charge is 2.11. The number of nitrogens with zero attached hydrogens (tertiary/aromatic N) is 2. The molecular formula is C17H12F2N4O. The predicted octanol–water partition coefficient (Wildman–Crippen LogP) is 3.75. The molecule has 0 fully saturated rings. The Balaban J connectivity index is 1.75. The molecule has 1 heterocycles. The second-order valence-corrected chi connectivity index (χ2v) is 4.86. The lowest BCUT2D eigenvalue weighted by Crippen LogP contribution is -2.14. The van der Waals surface area contributed by atoms with Crippen molar-refractivity contribution in [1.82, 2.24) is 9.97 Å². The van der Waals surface area contributed by atoms with Gasteiger partial charge in [-0.2, -0.15) is 0 Å². The van der Waals surface area contributed by atoms with E-state index >= 15 is 0 Å². The van der Waals surface area contributed by atoms with Gasteiger partial charge in [-0.1, -0.05) is 18.2 Å². The number of rotatable bonds is 4. The van der Waals surface area contributed by atoms with Gasteiger partial charge in [0.2, 0.25) is 0 Å². The summed E-state index contributed by atoms with van der Waals surface area (Å²) in [4.78, 5) is 20.1. The van der Waals surface area contributed by atoms with Crippen molar-refractivity contribution in [3.8, 4) is 0 Å². The van der Waals surface area contributed by atoms with E-state index in [1.807, 2.05) is 30.3 Å². The van der Waals surface area contributed by atoms with Crippen LogP contribution in [-0.2, 0) is 0 Å². The van der Waals surface area contributed by atoms with E-state index in [1.54, 1.807) is 0 Å². The molecule has 0 unspecified atom stereocenters. The fourth-order valence-electron chi connectivity index (χ4n) is 1.99. The van der Waals surface area contributed by atoms with Crippen LogP contribution in [0.5, 0.6) is 0 Å². The fourth-order valence-corrected chi connectivity index (χ4v) is 1.99. The average molecular weight is 326 g/mol. The quantitative estimate of drug-likeness (QED) is 0.766. The van der Waals surface area contributed by atoms with E-state index < -0.39 is 17.5 Å². The number of aromatic nitrogens is 2. The van der Waals surface area contributed by atoms with Crippen molar-refractivity contribution in [3.05, 3.63) is 78.3 Å². The minimum absolute atomic E-state index is 0.0909. The van der Waals surface area contributed by atoms with Gasteiger partial charge in [-0.15, -0.1) is 0 Å². The van der Waals surface area contributed by atoms with Crippen LogP contribution >= 0.6 is 0 Å². The Hall–Kier alpha value is -3.35. The van der Waals surface area contributed by atoms with Crippen LogP contribution in [0, 0.1) is 11.6 Å². The summed E-state index contributed by atoms with van der Waals surface area (Å²) in [6, 6.07) is 13.9. The van der Waals surface area contributed by atoms with Crippen LogP contribution in [0.2, 0.25) is 0 Å². The molecule has 2 aromatic carbocycles. The molecule has 3 aromatic rings. The molecule has 0 bridgehead atoms. The zero-order valence-corrected chi connectivity index (χ0v) is 12.3. The van der Waals surface area contributed by atoms with Gasteiger partial charge in [-0.3, -0.25) is 4.79 Å². The molecule has 2 N–H and O–H groups in total. The molecule has 1 aromatic heterocycles. The van der Waals surface area contributed by atoms with Crippen molar-refractivity contribution < 1.29 is 13.6 Å². The van der Waals surface area contributed by atoms with Crippen LogP contribution in [0.4, 0.5) is 26.0 Å². The molecular weight excluding hydrogens is 314 g/mol. The maximum absolute atomic E-state index is 13.2. The highest BCUT2D eigenvalue weighted by molar-refractivity contribution is 6.03. The first kappa shape index (κ1) is 15.5. The first-order chi connectivity index (χ1) is 11.6. The monoisotopic (exact) mass is 326 g/mol. The summed E-state index contributed by atoms with van der Waals surface area (Å²) in [5.74, 6) is -2.14. The topological polar surface area (TPSA) is 66.9 Å². The molecule has 0 atom stereocenters. The molecule has 3 rings (SSSR count). The smallest absolute Gasteiger partial charge is 0.274 e. The number of halogens is 2. The van der Waals surface area contributed by atoms with Crippen molar-refractivity contribution in [3.63, 3.8) is 0 Å². The van der Waals surface area contributed by atoms with Gasteiger partial charge in [0.1, 0.15) is 17.8 Å². The zero-order chi connectivity index (χ0) is 16.9. The van der Waals surface area contributed by atoms with Crippen LogP contribution in [0.15, 0.2) is 60.9 Å². The third kappa shape index (κ3) is 3.70. The number of para-hydroxylation sites is 1. The van der Waals surface area contributed by atoms with E-state index in [0.29, 0.717) is 5.82 Å². The van der Waals surface area contributed by atoms with Gasteiger partial charge in [0, 0.05) is 23.5 Å². The Morgan fingerprint density at radius 1 is 0.875 bits per heavy atom. The summed E-state index contributed by atoms with van der Waals surface area (Å²) in [6.07, 6.45) is 1.24. The summed E-state index contributed by atoms with van der Waals surface area (Å²) in [7, 11) is 0. The highest BCUT2D eigenvalue weighted by atomic mass is 19.2. The molecule has 0 aliphatic heterocycles. The third-order valence-corrected chi connectivity index (χ3v) is 3.12. The molecule has 0 radical (unpaired) electrons. The number of carbonyl (C=O) groups excluding carboxylic acids is 1. The van der Waals surface area contributed by atoms with E-state index in [4.69, 9.17) is 0 Å². The Morgan fingerprint density at radius 3 is 2.42 bits per heavy atom. The lowest BCUT2D eigenvalue weighted by molar-refractivity contribution is 0.102. The molecule has 0 aliphatic carbocycles. The third-order valence-electron chi connectivity index (χ3n) is 3.12. The van der Waals surface area contributed by atoms with Crippen LogP contribution in [0.25, 0.3) is 0 Å². The number of hydrogen-bond acceptors (Lipinski definition) is 4. The SMILES string of the molecule is O=C(Nc1ccc(F)c(F)c1)c1cc(Nc2ccccc2)ncn1.